The second-order valence-electron chi connectivity index (χ2n) is 1.79. The van der Waals surface area contributed by atoms with Gasteiger partial charge in [-0.3, -0.25) is 0 Å². The summed E-state index contributed by atoms with van der Waals surface area (Å²) < 4.78 is 1.29. The van der Waals surface area contributed by atoms with Gasteiger partial charge in [-0.05, 0) is 12.2 Å². The van der Waals surface area contributed by atoms with Gasteiger partial charge < -0.3 is 10.2 Å². The van der Waals surface area contributed by atoms with E-state index in [1.54, 1.807) is 0 Å². The zero-order valence-electron chi connectivity index (χ0n) is 4.33. The van der Waals surface area contributed by atoms with E-state index >= 15 is 0 Å². The summed E-state index contributed by atoms with van der Waals surface area (Å²) in [6.07, 6.45) is 3.92. The molecule has 0 spiro atoms. The lowest BCUT2D eigenvalue weighted by Gasteiger charge is -2.00. The van der Waals surface area contributed by atoms with Crippen molar-refractivity contribution < 1.29 is 4.70 Å². The molecule has 38 valence electrons. The Morgan fingerprint density at radius 1 is 1.86 bits per heavy atom. The molecule has 2 heteroatoms. The Hall–Kier alpha value is -0.660. The average Bonchev–Trinajstić information content (AvgIpc) is 1.91. The molecule has 1 aliphatic rings. The van der Waals surface area contributed by atoms with Crippen molar-refractivity contribution in [1.29, 1.82) is 0 Å². The van der Waals surface area contributed by atoms with E-state index in [4.69, 9.17) is 5.53 Å². The van der Waals surface area contributed by atoms with Crippen molar-refractivity contribution in [3.05, 3.63) is 17.7 Å². The van der Waals surface area contributed by atoms with Gasteiger partial charge in [-0.15, -0.1) is 0 Å². The van der Waals surface area contributed by atoms with Gasteiger partial charge in [-0.25, -0.2) is 0 Å². The average molecular weight is 96.1 g/mol. The van der Waals surface area contributed by atoms with Crippen LogP contribution in [0.25, 0.3) is 5.53 Å². The van der Waals surface area contributed by atoms with Crippen LogP contribution in [0.1, 0.15) is 6.92 Å². The highest BCUT2D eigenvalue weighted by atomic mass is 15.2. The standard InChI is InChI=1S/C5H8N2/c1-5-3-2-4-7(5)6/h2-3,5H,4H2,1H3. The molecule has 0 N–H and O–H groups in total. The van der Waals surface area contributed by atoms with Gasteiger partial charge in [0.05, 0.1) is 0 Å². The summed E-state index contributed by atoms with van der Waals surface area (Å²) in [5.74, 6) is 0. The van der Waals surface area contributed by atoms with Crippen LogP contribution in [0.15, 0.2) is 12.2 Å². The van der Waals surface area contributed by atoms with Crippen LogP contribution in [0.4, 0.5) is 0 Å². The molecule has 1 rings (SSSR count). The molecule has 7 heavy (non-hydrogen) atoms. The quantitative estimate of drug-likeness (QED) is 0.317. The maximum Gasteiger partial charge on any atom is 0.157 e. The van der Waals surface area contributed by atoms with Crippen molar-refractivity contribution in [3.8, 4) is 0 Å². The van der Waals surface area contributed by atoms with Gasteiger partial charge in [0.1, 0.15) is 6.54 Å². The Balaban J connectivity index is 2.62. The van der Waals surface area contributed by atoms with Gasteiger partial charge in [0.15, 0.2) is 6.04 Å². The molecule has 2 nitrogen and oxygen atoms in total. The monoisotopic (exact) mass is 96.1 g/mol. The van der Waals surface area contributed by atoms with Crippen LogP contribution >= 0.6 is 0 Å². The van der Waals surface area contributed by atoms with Crippen molar-refractivity contribution in [3.63, 3.8) is 0 Å². The minimum Gasteiger partial charge on any atom is -0.506 e. The van der Waals surface area contributed by atoms with Crippen LogP contribution in [-0.4, -0.2) is 17.3 Å². The van der Waals surface area contributed by atoms with E-state index in [0.29, 0.717) is 6.54 Å². The lowest BCUT2D eigenvalue weighted by atomic mass is 10.4. The number of nitrogens with zero attached hydrogens (tertiary/aromatic N) is 2. The molecular formula is C5H8N2. The first-order valence-electron chi connectivity index (χ1n) is 2.43. The van der Waals surface area contributed by atoms with E-state index in [1.807, 2.05) is 19.1 Å². The Kier molecular flexibility index (Phi) is 0.929. The highest BCUT2D eigenvalue weighted by Gasteiger charge is 2.08. The summed E-state index contributed by atoms with van der Waals surface area (Å²) in [6, 6.07) is 0.222. The molecule has 0 aromatic heterocycles. The highest BCUT2D eigenvalue weighted by molar-refractivity contribution is 4.91. The molecule has 0 saturated carbocycles. The van der Waals surface area contributed by atoms with Crippen LogP contribution in [-0.2, 0) is 0 Å². The smallest absolute Gasteiger partial charge is 0.157 e. The molecule has 0 amide bonds. The maximum absolute atomic E-state index is 8.77. The summed E-state index contributed by atoms with van der Waals surface area (Å²) in [7, 11) is 0. The minimum absolute atomic E-state index is 0.222. The van der Waals surface area contributed by atoms with Crippen molar-refractivity contribution in [2.24, 2.45) is 0 Å². The van der Waals surface area contributed by atoms with Gasteiger partial charge in [0.25, 0.3) is 0 Å². The third-order valence-corrected chi connectivity index (χ3v) is 1.18. The van der Waals surface area contributed by atoms with Crippen LogP contribution in [0, 0.1) is 0 Å². The van der Waals surface area contributed by atoms with Gasteiger partial charge in [-0.1, -0.05) is 0 Å². The zero-order chi connectivity index (χ0) is 5.28. The molecule has 0 fully saturated rings. The van der Waals surface area contributed by atoms with Crippen LogP contribution in [0.2, 0.25) is 0 Å². The van der Waals surface area contributed by atoms with Gasteiger partial charge >= 0.3 is 0 Å². The van der Waals surface area contributed by atoms with Crippen molar-refractivity contribution >= 4 is 0 Å². The third-order valence-electron chi connectivity index (χ3n) is 1.18. The fourth-order valence-electron chi connectivity index (χ4n) is 0.631. The fraction of sp³-hybridized carbons (Fsp3) is 0.600. The predicted molar refractivity (Wildman–Crippen MR) is 27.1 cm³/mol. The summed E-state index contributed by atoms with van der Waals surface area (Å²) >= 11 is 0. The molecule has 0 bridgehead atoms. The lowest BCUT2D eigenvalue weighted by molar-refractivity contribution is -0.554. The van der Waals surface area contributed by atoms with E-state index in [2.05, 4.69) is 0 Å². The van der Waals surface area contributed by atoms with E-state index in [1.165, 1.54) is 4.70 Å². The van der Waals surface area contributed by atoms with Gasteiger partial charge in [-0.2, -0.15) is 0 Å². The maximum atomic E-state index is 8.77. The Labute approximate surface area is 43.0 Å². The van der Waals surface area contributed by atoms with Crippen LogP contribution in [0.3, 0.4) is 0 Å². The molecule has 1 atom stereocenters. The predicted octanol–water partition coefficient (Wildman–Crippen LogP) is 0.979. The first-order chi connectivity index (χ1) is 3.30. The summed E-state index contributed by atoms with van der Waals surface area (Å²) in [5.41, 5.74) is 8.77. The van der Waals surface area contributed by atoms with Crippen LogP contribution < -0.4 is 0 Å². The Morgan fingerprint density at radius 2 is 2.57 bits per heavy atom. The molecule has 0 aliphatic carbocycles. The van der Waals surface area contributed by atoms with Gasteiger partial charge in [0, 0.05) is 6.92 Å². The molecule has 0 aromatic rings. The third kappa shape index (κ3) is 0.683. The van der Waals surface area contributed by atoms with Gasteiger partial charge in [0.2, 0.25) is 0 Å². The van der Waals surface area contributed by atoms with E-state index in [-0.39, 0.29) is 6.04 Å². The van der Waals surface area contributed by atoms with Crippen LogP contribution in [0.5, 0.6) is 0 Å². The molecule has 0 saturated heterocycles. The van der Waals surface area contributed by atoms with E-state index in [0.717, 1.165) is 0 Å². The molecule has 1 heterocycles. The SMILES string of the molecule is CC1C=CC[N+]1=[N-]. The van der Waals surface area contributed by atoms with E-state index in [9.17, 15) is 0 Å². The summed E-state index contributed by atoms with van der Waals surface area (Å²) in [4.78, 5) is 0. The fourth-order valence-corrected chi connectivity index (χ4v) is 0.631. The highest BCUT2D eigenvalue weighted by Crippen LogP contribution is 1.99. The largest absolute Gasteiger partial charge is 0.506 e. The second kappa shape index (κ2) is 1.45. The van der Waals surface area contributed by atoms with Crippen molar-refractivity contribution in [2.75, 3.05) is 6.54 Å². The Morgan fingerprint density at radius 3 is 2.71 bits per heavy atom. The minimum atomic E-state index is 0.222. The summed E-state index contributed by atoms with van der Waals surface area (Å²) in [5, 5.41) is 0. The molecule has 1 aliphatic heterocycles. The topological polar surface area (TPSA) is 25.3 Å². The second-order valence-corrected chi connectivity index (χ2v) is 1.79. The van der Waals surface area contributed by atoms with Crippen molar-refractivity contribution in [1.82, 2.24) is 0 Å². The normalized spacial score (nSPS) is 29.3. The molecular weight excluding hydrogens is 88.1 g/mol. The molecule has 0 aromatic carbocycles. The first kappa shape index (κ1) is 4.50. The summed E-state index contributed by atoms with van der Waals surface area (Å²) in [6.45, 7) is 2.63. The zero-order valence-corrected chi connectivity index (χ0v) is 4.33. The van der Waals surface area contributed by atoms with Crippen molar-refractivity contribution in [2.45, 2.75) is 13.0 Å². The number of rotatable bonds is 0. The molecule has 1 unspecified atom stereocenters. The lowest BCUT2D eigenvalue weighted by Crippen LogP contribution is -2.10. The number of hydrogen-bond acceptors (Lipinski definition) is 0. The molecule has 0 radical (unpaired) electrons. The number of hydrogen-bond donors (Lipinski definition) is 0. The van der Waals surface area contributed by atoms with E-state index < -0.39 is 0 Å². The first-order valence-corrected chi connectivity index (χ1v) is 2.43. The Bertz CT molecular complexity index is 115.